The summed E-state index contributed by atoms with van der Waals surface area (Å²) in [7, 11) is 0. The van der Waals surface area contributed by atoms with Gasteiger partial charge in [0.15, 0.2) is 0 Å². The van der Waals surface area contributed by atoms with Gasteiger partial charge < -0.3 is 5.11 Å². The fourth-order valence-electron chi connectivity index (χ4n) is 3.46. The molecule has 7 nitrogen and oxygen atoms in total. The molecule has 2 aromatic rings. The van der Waals surface area contributed by atoms with Crippen LogP contribution in [0.25, 0.3) is 0 Å². The van der Waals surface area contributed by atoms with E-state index in [1.165, 1.54) is 0 Å². The molecule has 24 heavy (non-hydrogen) atoms. The highest BCUT2D eigenvalue weighted by Crippen LogP contribution is 2.26. The first-order valence-corrected chi connectivity index (χ1v) is 8.28. The van der Waals surface area contributed by atoms with E-state index < -0.39 is 5.97 Å². The smallest absolute Gasteiger partial charge is 0.343 e. The van der Waals surface area contributed by atoms with Gasteiger partial charge in [-0.15, -0.1) is 0 Å². The molecule has 128 valence electrons. The van der Waals surface area contributed by atoms with Gasteiger partial charge in [0.1, 0.15) is 5.82 Å². The first-order valence-electron chi connectivity index (χ1n) is 8.28. The van der Waals surface area contributed by atoms with E-state index in [4.69, 9.17) is 0 Å². The topological polar surface area (TPSA) is 91.2 Å². The Bertz CT molecular complexity index is 780. The number of piperidine rings is 1. The van der Waals surface area contributed by atoms with E-state index >= 15 is 0 Å². The highest BCUT2D eigenvalue weighted by molar-refractivity contribution is 5.89. The monoisotopic (exact) mass is 330 g/mol. The number of H-pyrrole nitrogens is 1. The van der Waals surface area contributed by atoms with Gasteiger partial charge in [-0.05, 0) is 37.9 Å². The fourth-order valence-corrected chi connectivity index (χ4v) is 3.46. The lowest BCUT2D eigenvalue weighted by Gasteiger charge is -2.32. The molecule has 2 heterocycles. The van der Waals surface area contributed by atoms with Crippen LogP contribution in [0.15, 0.2) is 29.1 Å². The number of nitrogens with one attached hydrogen (secondary N) is 1. The van der Waals surface area contributed by atoms with Crippen molar-refractivity contribution in [1.82, 2.24) is 19.7 Å². The van der Waals surface area contributed by atoms with E-state index in [9.17, 15) is 14.7 Å². The van der Waals surface area contributed by atoms with Crippen molar-refractivity contribution in [2.45, 2.75) is 38.8 Å². The van der Waals surface area contributed by atoms with Gasteiger partial charge in [0.25, 0.3) is 0 Å². The summed E-state index contributed by atoms with van der Waals surface area (Å²) in [6, 6.07) is 7.12. The second-order valence-corrected chi connectivity index (χ2v) is 6.17. The van der Waals surface area contributed by atoms with Crippen LogP contribution in [0.1, 0.15) is 47.4 Å². The number of hydrogen-bond donors (Lipinski definition) is 2. The van der Waals surface area contributed by atoms with Crippen LogP contribution in [-0.2, 0) is 13.1 Å². The zero-order chi connectivity index (χ0) is 17.1. The van der Waals surface area contributed by atoms with Crippen LogP contribution in [0.4, 0.5) is 0 Å². The molecule has 0 spiro atoms. The Morgan fingerprint density at radius 2 is 2.21 bits per heavy atom. The Balaban J connectivity index is 1.77. The number of nitrogens with zero attached hydrogens (tertiary/aromatic N) is 3. The molecule has 0 amide bonds. The molecule has 1 aliphatic rings. The van der Waals surface area contributed by atoms with E-state index in [1.54, 1.807) is 16.7 Å². The zero-order valence-corrected chi connectivity index (χ0v) is 13.7. The number of carboxylic acids is 1. The second-order valence-electron chi connectivity index (χ2n) is 6.17. The van der Waals surface area contributed by atoms with Gasteiger partial charge in [-0.2, -0.15) is 5.10 Å². The number of benzene rings is 1. The summed E-state index contributed by atoms with van der Waals surface area (Å²) in [5.74, 6) is 0.0969. The van der Waals surface area contributed by atoms with Gasteiger partial charge in [-0.25, -0.2) is 14.7 Å². The molecule has 7 heteroatoms. The molecule has 0 radical (unpaired) electrons. The van der Waals surface area contributed by atoms with E-state index in [0.717, 1.165) is 37.3 Å². The molecule has 1 aliphatic heterocycles. The van der Waals surface area contributed by atoms with Crippen molar-refractivity contribution in [3.05, 3.63) is 51.7 Å². The van der Waals surface area contributed by atoms with Gasteiger partial charge in [0.2, 0.25) is 0 Å². The molecule has 1 aromatic heterocycles. The third kappa shape index (κ3) is 3.26. The number of aromatic carboxylic acids is 1. The predicted molar refractivity (Wildman–Crippen MR) is 89.2 cm³/mol. The first-order chi connectivity index (χ1) is 11.6. The highest BCUT2D eigenvalue weighted by Gasteiger charge is 2.26. The fraction of sp³-hybridized carbons (Fsp3) is 0.471. The van der Waals surface area contributed by atoms with Gasteiger partial charge in [-0.1, -0.05) is 18.2 Å². The lowest BCUT2D eigenvalue weighted by atomic mass is 9.96. The Morgan fingerprint density at radius 3 is 2.96 bits per heavy atom. The molecule has 2 N–H and O–H groups in total. The van der Waals surface area contributed by atoms with Crippen molar-refractivity contribution in [1.29, 1.82) is 0 Å². The molecule has 1 atom stereocenters. The molecule has 0 aliphatic carbocycles. The van der Waals surface area contributed by atoms with Crippen LogP contribution in [0.5, 0.6) is 0 Å². The Hall–Kier alpha value is -2.41. The summed E-state index contributed by atoms with van der Waals surface area (Å²) in [5, 5.41) is 16.1. The number of aromatic amines is 1. The predicted octanol–water partition coefficient (Wildman–Crippen LogP) is 1.67. The average molecular weight is 330 g/mol. The summed E-state index contributed by atoms with van der Waals surface area (Å²) in [4.78, 5) is 25.4. The quantitative estimate of drug-likeness (QED) is 0.870. The minimum absolute atomic E-state index is 0.166. The minimum atomic E-state index is -0.897. The third-order valence-corrected chi connectivity index (χ3v) is 4.62. The van der Waals surface area contributed by atoms with Crippen molar-refractivity contribution in [3.8, 4) is 0 Å². The Morgan fingerprint density at radius 1 is 1.42 bits per heavy atom. The molecule has 0 unspecified atom stereocenters. The lowest BCUT2D eigenvalue weighted by Crippen LogP contribution is -2.35. The first kappa shape index (κ1) is 16.4. The number of hydrogen-bond acceptors (Lipinski definition) is 4. The average Bonchev–Trinajstić information content (AvgIpc) is 2.96. The summed E-state index contributed by atoms with van der Waals surface area (Å²) in [6.45, 7) is 4.83. The number of aromatic nitrogens is 3. The van der Waals surface area contributed by atoms with Crippen LogP contribution in [0.3, 0.4) is 0 Å². The van der Waals surface area contributed by atoms with Gasteiger partial charge >= 0.3 is 11.7 Å². The molecular formula is C17H22N4O3. The second kappa shape index (κ2) is 7.00. The van der Waals surface area contributed by atoms with Gasteiger partial charge in [0.05, 0.1) is 5.56 Å². The maximum atomic E-state index is 11.8. The Kier molecular flexibility index (Phi) is 4.80. The van der Waals surface area contributed by atoms with E-state index in [2.05, 4.69) is 15.1 Å². The van der Waals surface area contributed by atoms with Gasteiger partial charge in [0, 0.05) is 25.6 Å². The summed E-state index contributed by atoms with van der Waals surface area (Å²) in [5.41, 5.74) is 1.01. The molecule has 0 saturated carbocycles. The number of likely N-dealkylation sites (tertiary alicyclic amines) is 1. The zero-order valence-electron chi connectivity index (χ0n) is 13.7. The lowest BCUT2D eigenvalue weighted by molar-refractivity contribution is 0.0694. The molecule has 1 saturated heterocycles. The van der Waals surface area contributed by atoms with Crippen LogP contribution in [0.2, 0.25) is 0 Å². The molecule has 0 bridgehead atoms. The maximum absolute atomic E-state index is 11.8. The highest BCUT2D eigenvalue weighted by atomic mass is 16.4. The van der Waals surface area contributed by atoms with Crippen molar-refractivity contribution in [2.24, 2.45) is 0 Å². The normalized spacial score (nSPS) is 18.6. The minimum Gasteiger partial charge on any atom is -0.478 e. The summed E-state index contributed by atoms with van der Waals surface area (Å²) in [6.07, 6.45) is 1.99. The van der Waals surface area contributed by atoms with Crippen LogP contribution >= 0.6 is 0 Å². The van der Waals surface area contributed by atoms with Gasteiger partial charge in [-0.3, -0.25) is 9.47 Å². The van der Waals surface area contributed by atoms with Crippen LogP contribution < -0.4 is 5.69 Å². The van der Waals surface area contributed by atoms with Crippen LogP contribution in [0, 0.1) is 0 Å². The SMILES string of the molecule is CCn1c([C@@H]2CCCN(Cc3ccccc3C(=O)O)C2)n[nH]c1=O. The molecular weight excluding hydrogens is 308 g/mol. The maximum Gasteiger partial charge on any atom is 0.343 e. The number of carboxylic acid groups (broad SMARTS) is 1. The van der Waals surface area contributed by atoms with E-state index in [1.807, 2.05) is 19.1 Å². The summed E-state index contributed by atoms with van der Waals surface area (Å²) < 4.78 is 1.68. The van der Waals surface area contributed by atoms with E-state index in [0.29, 0.717) is 18.7 Å². The number of rotatable bonds is 5. The van der Waals surface area contributed by atoms with Crippen molar-refractivity contribution < 1.29 is 9.90 Å². The third-order valence-electron chi connectivity index (χ3n) is 4.62. The standard InChI is InChI=1S/C17H22N4O3/c1-2-21-15(18-19-17(21)24)13-7-5-9-20(11-13)10-12-6-3-4-8-14(12)16(22)23/h3-4,6,8,13H,2,5,7,9-11H2,1H3,(H,19,24)(H,22,23)/t13-/m1/s1. The summed E-state index contributed by atoms with van der Waals surface area (Å²) >= 11 is 0. The van der Waals surface area contributed by atoms with Crippen molar-refractivity contribution >= 4 is 5.97 Å². The largest absolute Gasteiger partial charge is 0.478 e. The molecule has 1 aromatic carbocycles. The van der Waals surface area contributed by atoms with Crippen molar-refractivity contribution in [3.63, 3.8) is 0 Å². The van der Waals surface area contributed by atoms with Crippen LogP contribution in [-0.4, -0.2) is 43.8 Å². The van der Waals surface area contributed by atoms with Crippen molar-refractivity contribution in [2.75, 3.05) is 13.1 Å². The number of carbonyl (C=O) groups is 1. The Labute approximate surface area is 139 Å². The van der Waals surface area contributed by atoms with E-state index in [-0.39, 0.29) is 11.6 Å². The molecule has 3 rings (SSSR count). The molecule has 1 fully saturated rings.